The maximum absolute atomic E-state index is 13.5. The molecule has 172 valence electrons. The molecule has 0 atom stereocenters. The molecule has 1 aliphatic rings. The van der Waals surface area contributed by atoms with Gasteiger partial charge in [-0.1, -0.05) is 19.1 Å². The van der Waals surface area contributed by atoms with E-state index in [0.29, 0.717) is 22.8 Å². The van der Waals surface area contributed by atoms with Crippen molar-refractivity contribution < 1.29 is 23.5 Å². The van der Waals surface area contributed by atoms with Crippen LogP contribution in [0, 0.1) is 11.8 Å². The van der Waals surface area contributed by atoms with E-state index in [-0.39, 0.29) is 35.9 Å². The monoisotopic (exact) mass is 459 g/mol. The van der Waals surface area contributed by atoms with Gasteiger partial charge in [0.1, 0.15) is 11.3 Å². The molecule has 2 aromatic rings. The standard InChI is InChI=1S/C25H30ClNO5/c1-5-31-25(30)20-14-21(17-10-12-18(13-11-17)22(26)28)32-24(20)27(15(2)3)23(29)19-8-6-16(4)7-9-19/h10-16,19H,5-9H2,1-4H3. The van der Waals surface area contributed by atoms with E-state index in [0.717, 1.165) is 25.7 Å². The average molecular weight is 460 g/mol. The second-order valence-corrected chi connectivity index (χ2v) is 9.00. The van der Waals surface area contributed by atoms with Crippen LogP contribution in [-0.4, -0.2) is 29.8 Å². The molecule has 1 aliphatic carbocycles. The Morgan fingerprint density at radius 1 is 1.12 bits per heavy atom. The van der Waals surface area contributed by atoms with Crippen molar-refractivity contribution in [1.82, 2.24) is 0 Å². The minimum atomic E-state index is -0.553. The molecular formula is C25H30ClNO5. The number of hydrogen-bond donors (Lipinski definition) is 0. The Balaban J connectivity index is 2.02. The number of halogens is 1. The summed E-state index contributed by atoms with van der Waals surface area (Å²) in [5.74, 6) is 0.579. The highest BCUT2D eigenvalue weighted by atomic mass is 35.5. The SMILES string of the molecule is CCOC(=O)c1cc(-c2ccc(C(=O)Cl)cc2)oc1N(C(=O)C1CCC(C)CC1)C(C)C. The maximum Gasteiger partial charge on any atom is 0.343 e. The molecule has 0 radical (unpaired) electrons. The zero-order chi connectivity index (χ0) is 23.4. The topological polar surface area (TPSA) is 76.8 Å². The van der Waals surface area contributed by atoms with Crippen molar-refractivity contribution in [3.8, 4) is 11.3 Å². The van der Waals surface area contributed by atoms with Gasteiger partial charge < -0.3 is 9.15 Å². The molecule has 0 bridgehead atoms. The summed E-state index contributed by atoms with van der Waals surface area (Å²) in [6.45, 7) is 7.96. The lowest BCUT2D eigenvalue weighted by atomic mass is 9.82. The zero-order valence-corrected chi connectivity index (χ0v) is 19.8. The van der Waals surface area contributed by atoms with Gasteiger partial charge >= 0.3 is 5.97 Å². The first-order chi connectivity index (χ1) is 15.2. The molecule has 0 unspecified atom stereocenters. The van der Waals surface area contributed by atoms with Gasteiger partial charge in [-0.2, -0.15) is 0 Å². The summed E-state index contributed by atoms with van der Waals surface area (Å²) >= 11 is 5.53. The quantitative estimate of drug-likeness (QED) is 0.371. The second kappa shape index (κ2) is 10.3. The third-order valence-electron chi connectivity index (χ3n) is 5.94. The number of hydrogen-bond acceptors (Lipinski definition) is 5. The van der Waals surface area contributed by atoms with Crippen molar-refractivity contribution in [2.24, 2.45) is 11.8 Å². The Hall–Kier alpha value is -2.60. The van der Waals surface area contributed by atoms with Crippen LogP contribution in [0.15, 0.2) is 34.7 Å². The predicted octanol–water partition coefficient (Wildman–Crippen LogP) is 6.07. The lowest BCUT2D eigenvalue weighted by molar-refractivity contribution is -0.124. The van der Waals surface area contributed by atoms with Gasteiger partial charge in [0.2, 0.25) is 11.8 Å². The molecule has 1 aromatic heterocycles. The lowest BCUT2D eigenvalue weighted by Crippen LogP contribution is -2.42. The molecule has 0 saturated heterocycles. The summed E-state index contributed by atoms with van der Waals surface area (Å²) < 4.78 is 11.4. The fourth-order valence-corrected chi connectivity index (χ4v) is 4.24. The van der Waals surface area contributed by atoms with Crippen LogP contribution in [0.25, 0.3) is 11.3 Å². The van der Waals surface area contributed by atoms with E-state index < -0.39 is 11.2 Å². The number of carbonyl (C=O) groups is 3. The van der Waals surface area contributed by atoms with Gasteiger partial charge in [0.15, 0.2) is 0 Å². The number of rotatable bonds is 7. The van der Waals surface area contributed by atoms with E-state index >= 15 is 0 Å². The van der Waals surface area contributed by atoms with Gasteiger partial charge in [-0.15, -0.1) is 0 Å². The number of nitrogens with zero attached hydrogens (tertiary/aromatic N) is 1. The number of amides is 1. The lowest BCUT2D eigenvalue weighted by Gasteiger charge is -2.32. The highest BCUT2D eigenvalue weighted by molar-refractivity contribution is 6.67. The van der Waals surface area contributed by atoms with Gasteiger partial charge in [0, 0.05) is 29.2 Å². The fraction of sp³-hybridized carbons (Fsp3) is 0.480. The summed E-state index contributed by atoms with van der Waals surface area (Å²) in [6.07, 6.45) is 3.70. The normalized spacial score (nSPS) is 18.4. The van der Waals surface area contributed by atoms with Crippen LogP contribution in [0.4, 0.5) is 5.88 Å². The zero-order valence-electron chi connectivity index (χ0n) is 19.0. The van der Waals surface area contributed by atoms with Crippen molar-refractivity contribution in [3.63, 3.8) is 0 Å². The number of ether oxygens (including phenoxy) is 1. The van der Waals surface area contributed by atoms with Crippen LogP contribution >= 0.6 is 11.6 Å². The summed E-state index contributed by atoms with van der Waals surface area (Å²) in [5, 5.41) is -0.553. The van der Waals surface area contributed by atoms with Gasteiger partial charge in [-0.25, -0.2) is 4.79 Å². The van der Waals surface area contributed by atoms with E-state index in [4.69, 9.17) is 20.8 Å². The molecule has 0 spiro atoms. The van der Waals surface area contributed by atoms with Crippen molar-refractivity contribution in [2.45, 2.75) is 59.4 Å². The Kier molecular flexibility index (Phi) is 7.77. The van der Waals surface area contributed by atoms with Crippen molar-refractivity contribution in [2.75, 3.05) is 11.5 Å². The van der Waals surface area contributed by atoms with Crippen LogP contribution in [-0.2, 0) is 9.53 Å². The van der Waals surface area contributed by atoms with Gasteiger partial charge in [0.05, 0.1) is 6.61 Å². The Bertz CT molecular complexity index is 971. The minimum Gasteiger partial charge on any atom is -0.462 e. The molecule has 6 nitrogen and oxygen atoms in total. The van der Waals surface area contributed by atoms with Gasteiger partial charge in [-0.3, -0.25) is 14.5 Å². The second-order valence-electron chi connectivity index (χ2n) is 8.66. The summed E-state index contributed by atoms with van der Waals surface area (Å²) in [7, 11) is 0. The molecule has 3 rings (SSSR count). The largest absolute Gasteiger partial charge is 0.462 e. The number of furan rings is 1. The first kappa shape index (κ1) is 24.1. The fourth-order valence-electron chi connectivity index (χ4n) is 4.12. The summed E-state index contributed by atoms with van der Waals surface area (Å²) in [6, 6.07) is 7.95. The van der Waals surface area contributed by atoms with E-state index in [2.05, 4.69) is 6.92 Å². The van der Waals surface area contributed by atoms with Crippen molar-refractivity contribution >= 4 is 34.6 Å². The Morgan fingerprint density at radius 2 is 1.75 bits per heavy atom. The number of benzene rings is 1. The molecule has 1 aromatic carbocycles. The smallest absolute Gasteiger partial charge is 0.343 e. The highest BCUT2D eigenvalue weighted by Crippen LogP contribution is 2.37. The summed E-state index contributed by atoms with van der Waals surface area (Å²) in [4.78, 5) is 39.2. The van der Waals surface area contributed by atoms with Crippen molar-refractivity contribution in [1.29, 1.82) is 0 Å². The van der Waals surface area contributed by atoms with Crippen LogP contribution in [0.5, 0.6) is 0 Å². The Labute approximate surface area is 193 Å². The number of esters is 1. The first-order valence-corrected chi connectivity index (χ1v) is 11.5. The minimum absolute atomic E-state index is 0.0265. The third-order valence-corrected chi connectivity index (χ3v) is 6.16. The van der Waals surface area contributed by atoms with E-state index in [1.165, 1.54) is 0 Å². The number of anilines is 1. The molecule has 1 fully saturated rings. The predicted molar refractivity (Wildman–Crippen MR) is 124 cm³/mol. The van der Waals surface area contributed by atoms with Gasteiger partial charge in [-0.05, 0) is 76.1 Å². The molecule has 1 heterocycles. The molecule has 32 heavy (non-hydrogen) atoms. The molecule has 1 saturated carbocycles. The van der Waals surface area contributed by atoms with Crippen LogP contribution in [0.3, 0.4) is 0 Å². The van der Waals surface area contributed by atoms with E-state index in [1.807, 2.05) is 13.8 Å². The maximum atomic E-state index is 13.5. The number of carbonyl (C=O) groups excluding carboxylic acids is 3. The van der Waals surface area contributed by atoms with Gasteiger partial charge in [0.25, 0.3) is 5.24 Å². The Morgan fingerprint density at radius 3 is 2.28 bits per heavy atom. The summed E-state index contributed by atoms with van der Waals surface area (Å²) in [5.41, 5.74) is 1.23. The first-order valence-electron chi connectivity index (χ1n) is 11.2. The molecule has 1 amide bonds. The van der Waals surface area contributed by atoms with Crippen LogP contribution in [0.1, 0.15) is 74.1 Å². The van der Waals surface area contributed by atoms with E-state index in [1.54, 1.807) is 42.2 Å². The molecule has 7 heteroatoms. The van der Waals surface area contributed by atoms with Crippen molar-refractivity contribution in [3.05, 3.63) is 41.5 Å². The molecule has 0 aliphatic heterocycles. The molecular weight excluding hydrogens is 430 g/mol. The van der Waals surface area contributed by atoms with Crippen LogP contribution in [0.2, 0.25) is 0 Å². The average Bonchev–Trinajstić information content (AvgIpc) is 3.19. The third kappa shape index (κ3) is 5.23. The highest BCUT2D eigenvalue weighted by Gasteiger charge is 2.35. The van der Waals surface area contributed by atoms with Crippen LogP contribution < -0.4 is 4.90 Å². The molecule has 0 N–H and O–H groups in total. The van der Waals surface area contributed by atoms with E-state index in [9.17, 15) is 14.4 Å².